The Labute approximate surface area is 588 Å². The lowest BCUT2D eigenvalue weighted by Crippen LogP contribution is -2.30. The Bertz CT molecular complexity index is 1860. The number of phosphoric ester groups is 2. The Morgan fingerprint density at radius 3 is 0.792 bits per heavy atom. The zero-order valence-corrected chi connectivity index (χ0v) is 64.5. The second-order valence-corrected chi connectivity index (χ2v) is 31.4. The van der Waals surface area contributed by atoms with Gasteiger partial charge in [0.15, 0.2) is 12.2 Å². The van der Waals surface area contributed by atoms with E-state index in [1.165, 1.54) is 212 Å². The molecule has 0 aromatic rings. The Balaban J connectivity index is 5.22. The number of rotatable bonds is 76. The van der Waals surface area contributed by atoms with E-state index in [9.17, 15) is 43.2 Å². The van der Waals surface area contributed by atoms with Gasteiger partial charge in [0.1, 0.15) is 19.3 Å². The lowest BCUT2D eigenvalue weighted by atomic mass is 10.00. The molecule has 0 spiro atoms. The van der Waals surface area contributed by atoms with E-state index in [0.717, 1.165) is 108 Å². The number of carbonyl (C=O) groups excluding carboxylic acids is 4. The molecule has 0 aliphatic heterocycles. The molecule has 0 aromatic heterocycles. The van der Waals surface area contributed by atoms with E-state index in [2.05, 4.69) is 41.5 Å². The lowest BCUT2D eigenvalue weighted by molar-refractivity contribution is -0.161. The van der Waals surface area contributed by atoms with Crippen LogP contribution in [0, 0.1) is 11.8 Å². The molecule has 570 valence electrons. The van der Waals surface area contributed by atoms with Gasteiger partial charge in [-0.2, -0.15) is 0 Å². The molecule has 0 saturated carbocycles. The van der Waals surface area contributed by atoms with Crippen molar-refractivity contribution >= 4 is 39.5 Å². The first-order chi connectivity index (χ1) is 46.4. The predicted octanol–water partition coefficient (Wildman–Crippen LogP) is 22.7. The maximum absolute atomic E-state index is 13.1. The van der Waals surface area contributed by atoms with Gasteiger partial charge in [0.05, 0.1) is 26.4 Å². The topological polar surface area (TPSA) is 237 Å². The monoisotopic (exact) mass is 1410 g/mol. The van der Waals surface area contributed by atoms with Crippen LogP contribution in [-0.4, -0.2) is 96.7 Å². The van der Waals surface area contributed by atoms with Crippen LogP contribution in [0.1, 0.15) is 401 Å². The molecule has 3 N–H and O–H groups in total. The molecular weight excluding hydrogens is 1260 g/mol. The number of carbonyl (C=O) groups is 4. The Kier molecular flexibility index (Phi) is 67.4. The van der Waals surface area contributed by atoms with Gasteiger partial charge < -0.3 is 33.8 Å². The normalized spacial score (nSPS) is 14.3. The number of unbranched alkanes of at least 4 members (excludes halogenated alkanes) is 45. The van der Waals surface area contributed by atoms with Crippen LogP contribution in [0.3, 0.4) is 0 Å². The first-order valence-corrected chi connectivity index (χ1v) is 43.0. The van der Waals surface area contributed by atoms with E-state index in [0.29, 0.717) is 25.7 Å². The fourth-order valence-corrected chi connectivity index (χ4v) is 13.4. The average molecular weight is 1410 g/mol. The summed E-state index contributed by atoms with van der Waals surface area (Å²) < 4.78 is 68.5. The molecule has 0 fully saturated rings. The number of aliphatic hydroxyl groups is 1. The van der Waals surface area contributed by atoms with Crippen molar-refractivity contribution in [3.05, 3.63) is 0 Å². The van der Waals surface area contributed by atoms with Crippen LogP contribution in [0.4, 0.5) is 0 Å². The second-order valence-electron chi connectivity index (χ2n) is 28.5. The van der Waals surface area contributed by atoms with Crippen molar-refractivity contribution in [3.8, 4) is 0 Å². The highest BCUT2D eigenvalue weighted by atomic mass is 31.2. The minimum atomic E-state index is -4.96. The van der Waals surface area contributed by atoms with Gasteiger partial charge in [-0.25, -0.2) is 9.13 Å². The summed E-state index contributed by atoms with van der Waals surface area (Å²) in [5.74, 6) is -0.668. The first kappa shape index (κ1) is 94.1. The summed E-state index contributed by atoms with van der Waals surface area (Å²) in [6.07, 6.45) is 57.1. The Hall–Kier alpha value is -1.94. The van der Waals surface area contributed by atoms with E-state index < -0.39 is 97.5 Å². The van der Waals surface area contributed by atoms with Crippen molar-refractivity contribution in [2.45, 2.75) is 419 Å². The molecule has 0 saturated heterocycles. The summed E-state index contributed by atoms with van der Waals surface area (Å²) in [6, 6.07) is 0. The number of phosphoric acid groups is 2. The van der Waals surface area contributed by atoms with Crippen LogP contribution >= 0.6 is 15.6 Å². The number of hydrogen-bond acceptors (Lipinski definition) is 15. The third-order valence-electron chi connectivity index (χ3n) is 18.3. The molecule has 96 heavy (non-hydrogen) atoms. The van der Waals surface area contributed by atoms with Gasteiger partial charge in [0, 0.05) is 25.7 Å². The highest BCUT2D eigenvalue weighted by Gasteiger charge is 2.30. The zero-order chi connectivity index (χ0) is 70.7. The highest BCUT2D eigenvalue weighted by Crippen LogP contribution is 2.45. The minimum Gasteiger partial charge on any atom is -0.462 e. The van der Waals surface area contributed by atoms with E-state index in [-0.39, 0.29) is 25.7 Å². The Morgan fingerprint density at radius 2 is 0.531 bits per heavy atom. The molecule has 19 heteroatoms. The molecule has 0 aliphatic carbocycles. The minimum absolute atomic E-state index is 0.104. The summed E-state index contributed by atoms with van der Waals surface area (Å²) >= 11 is 0. The molecule has 0 rings (SSSR count). The van der Waals surface area contributed by atoms with E-state index >= 15 is 0 Å². The van der Waals surface area contributed by atoms with Crippen molar-refractivity contribution in [2.24, 2.45) is 11.8 Å². The second kappa shape index (κ2) is 68.8. The molecule has 0 heterocycles. The van der Waals surface area contributed by atoms with Gasteiger partial charge >= 0.3 is 39.5 Å². The van der Waals surface area contributed by atoms with Gasteiger partial charge in [-0.1, -0.05) is 350 Å². The molecule has 0 radical (unpaired) electrons. The van der Waals surface area contributed by atoms with Gasteiger partial charge in [0.2, 0.25) is 0 Å². The molecule has 0 aliphatic rings. The smallest absolute Gasteiger partial charge is 0.462 e. The number of ether oxygens (including phenoxy) is 4. The average Bonchev–Trinajstić information content (AvgIpc) is 1.37. The zero-order valence-electron chi connectivity index (χ0n) is 62.7. The third kappa shape index (κ3) is 69.2. The van der Waals surface area contributed by atoms with Crippen LogP contribution in [0.25, 0.3) is 0 Å². The van der Waals surface area contributed by atoms with E-state index in [1.54, 1.807) is 0 Å². The fraction of sp³-hybridized carbons (Fsp3) is 0.948. The van der Waals surface area contributed by atoms with Gasteiger partial charge in [0.25, 0.3) is 0 Å². The number of esters is 4. The van der Waals surface area contributed by atoms with Crippen LogP contribution in [-0.2, 0) is 65.4 Å². The van der Waals surface area contributed by atoms with Crippen molar-refractivity contribution in [3.63, 3.8) is 0 Å². The Morgan fingerprint density at radius 1 is 0.302 bits per heavy atom. The molecule has 0 bridgehead atoms. The van der Waals surface area contributed by atoms with Crippen molar-refractivity contribution in [2.75, 3.05) is 39.6 Å². The molecule has 17 nitrogen and oxygen atoms in total. The predicted molar refractivity (Wildman–Crippen MR) is 391 cm³/mol. The molecule has 6 atom stereocenters. The standard InChI is InChI=1S/C77H150O17P2/c1-7-10-12-14-16-18-20-22-24-25-26-27-28-30-32-34-36-41-49-55-61-76(81)93-72(65-87-74(79)59-53-47-40-35-33-31-29-23-21-19-17-15-13-11-8-2)67-91-95(83,84)89-63-71(78)64-90-96(85,86)92-68-73(66-88-75(80)60-54-48-44-43-46-52-58-70(6)9-3)94-77(82)62-56-50-42-38-37-39-45-51-57-69(4)5/h69-73,78H,7-68H2,1-6H3,(H,83,84)(H,85,86)/t70?,71-,72-,73-/m1/s1. The lowest BCUT2D eigenvalue weighted by Gasteiger charge is -2.21. The van der Waals surface area contributed by atoms with E-state index in [1.807, 2.05) is 0 Å². The summed E-state index contributed by atoms with van der Waals surface area (Å²) in [6.45, 7) is 9.52. The fourth-order valence-electron chi connectivity index (χ4n) is 11.8. The summed E-state index contributed by atoms with van der Waals surface area (Å²) in [4.78, 5) is 72.8. The maximum Gasteiger partial charge on any atom is 0.472 e. The first-order valence-electron chi connectivity index (χ1n) is 40.0. The van der Waals surface area contributed by atoms with Crippen molar-refractivity contribution in [1.82, 2.24) is 0 Å². The van der Waals surface area contributed by atoms with E-state index in [4.69, 9.17) is 37.0 Å². The summed E-state index contributed by atoms with van der Waals surface area (Å²) in [5.41, 5.74) is 0. The maximum atomic E-state index is 13.1. The van der Waals surface area contributed by atoms with Gasteiger partial charge in [-0.3, -0.25) is 37.3 Å². The largest absolute Gasteiger partial charge is 0.472 e. The SMILES string of the molecule is CCCCCCCCCCCCCCCCCCCCCCC(=O)O[C@H](COC(=O)CCCCCCCCCCCCCCCCC)COP(=O)(O)OC[C@@H](O)COP(=O)(O)OC[C@@H](COC(=O)CCCCCCCCC(C)CC)OC(=O)CCCCCCCCCCC(C)C. The number of aliphatic hydroxyl groups excluding tert-OH is 1. The van der Waals surface area contributed by atoms with Crippen LogP contribution < -0.4 is 0 Å². The van der Waals surface area contributed by atoms with Gasteiger partial charge in [-0.15, -0.1) is 0 Å². The van der Waals surface area contributed by atoms with Crippen molar-refractivity contribution < 1.29 is 80.2 Å². The van der Waals surface area contributed by atoms with Crippen LogP contribution in [0.15, 0.2) is 0 Å². The molecule has 0 aromatic carbocycles. The third-order valence-corrected chi connectivity index (χ3v) is 20.2. The highest BCUT2D eigenvalue weighted by molar-refractivity contribution is 7.47. The summed E-state index contributed by atoms with van der Waals surface area (Å²) in [7, 11) is -9.91. The van der Waals surface area contributed by atoms with Crippen LogP contribution in [0.2, 0.25) is 0 Å². The molecule has 0 amide bonds. The van der Waals surface area contributed by atoms with Gasteiger partial charge in [-0.05, 0) is 37.5 Å². The quantitative estimate of drug-likeness (QED) is 0.0222. The molecule has 3 unspecified atom stereocenters. The molecular formula is C77H150O17P2. The van der Waals surface area contributed by atoms with Crippen LogP contribution in [0.5, 0.6) is 0 Å². The number of hydrogen-bond donors (Lipinski definition) is 3. The van der Waals surface area contributed by atoms with Crippen molar-refractivity contribution in [1.29, 1.82) is 0 Å². The summed E-state index contributed by atoms with van der Waals surface area (Å²) in [5, 5.41) is 10.6.